The number of hydrogen-bond acceptors (Lipinski definition) is 7. The van der Waals surface area contributed by atoms with Crippen LogP contribution in [0, 0.1) is 6.92 Å². The van der Waals surface area contributed by atoms with E-state index in [-0.39, 0.29) is 16.9 Å². The molecule has 3 N–H and O–H groups in total. The number of benzene rings is 2. The molecule has 0 saturated carbocycles. The third-order valence-corrected chi connectivity index (χ3v) is 6.14. The third-order valence-electron chi connectivity index (χ3n) is 5.82. The maximum Gasteiger partial charge on any atom is 0.335 e. The molecule has 0 radical (unpaired) electrons. The first kappa shape index (κ1) is 25.7. The molecule has 12 heteroatoms. The Morgan fingerprint density at radius 3 is 2.59 bits per heavy atom. The fraction of sp³-hybridized carbons (Fsp3) is 0.120. The summed E-state index contributed by atoms with van der Waals surface area (Å²) in [5.41, 5.74) is 8.52. The van der Waals surface area contributed by atoms with Crippen molar-refractivity contribution >= 4 is 51.3 Å². The normalized spacial score (nSPS) is 11.5. The first-order valence-electron chi connectivity index (χ1n) is 11.0. The van der Waals surface area contributed by atoms with Gasteiger partial charge in [0.1, 0.15) is 5.56 Å². The van der Waals surface area contributed by atoms with Crippen LogP contribution in [0.2, 0.25) is 5.02 Å². The SMILES string of the molecule is Cc1ccccc1-n1c([C@H](C)NC(=O)c2c(N)nn3cccnc23)cc2cccc(Cl)c2c1=O.O=S=O. The first-order valence-corrected chi connectivity index (χ1v) is 12.0. The van der Waals surface area contributed by atoms with Crippen molar-refractivity contribution in [1.29, 1.82) is 0 Å². The summed E-state index contributed by atoms with van der Waals surface area (Å²) in [6.07, 6.45) is 3.24. The van der Waals surface area contributed by atoms with Crippen molar-refractivity contribution in [3.63, 3.8) is 0 Å². The Morgan fingerprint density at radius 2 is 1.86 bits per heavy atom. The maximum atomic E-state index is 13.7. The molecule has 0 aliphatic carbocycles. The Bertz CT molecular complexity index is 1740. The summed E-state index contributed by atoms with van der Waals surface area (Å²) in [4.78, 5) is 31.2. The number of aromatic nitrogens is 4. The van der Waals surface area contributed by atoms with Gasteiger partial charge in [0.15, 0.2) is 11.5 Å². The van der Waals surface area contributed by atoms with Gasteiger partial charge < -0.3 is 11.1 Å². The van der Waals surface area contributed by atoms with Crippen molar-refractivity contribution in [2.24, 2.45) is 0 Å². The van der Waals surface area contributed by atoms with E-state index in [1.54, 1.807) is 35.2 Å². The van der Waals surface area contributed by atoms with Crippen molar-refractivity contribution in [3.8, 4) is 5.69 Å². The molecule has 188 valence electrons. The lowest BCUT2D eigenvalue weighted by Crippen LogP contribution is -2.32. The van der Waals surface area contributed by atoms with Gasteiger partial charge in [0.2, 0.25) is 0 Å². The van der Waals surface area contributed by atoms with Crippen LogP contribution in [0.15, 0.2) is 71.8 Å². The molecule has 0 spiro atoms. The van der Waals surface area contributed by atoms with Gasteiger partial charge in [-0.1, -0.05) is 41.9 Å². The predicted octanol–water partition coefficient (Wildman–Crippen LogP) is 3.40. The van der Waals surface area contributed by atoms with Crippen molar-refractivity contribution < 1.29 is 13.2 Å². The highest BCUT2D eigenvalue weighted by Gasteiger charge is 2.24. The number of fused-ring (bicyclic) bond motifs is 2. The minimum atomic E-state index is -0.750. The number of nitrogens with one attached hydrogen (secondary N) is 1. The van der Waals surface area contributed by atoms with E-state index in [0.29, 0.717) is 32.8 Å². The molecular formula is C25H21ClN6O4S. The highest BCUT2D eigenvalue weighted by molar-refractivity contribution is 7.51. The van der Waals surface area contributed by atoms with Gasteiger partial charge in [0.25, 0.3) is 11.5 Å². The molecule has 10 nitrogen and oxygen atoms in total. The molecule has 0 fully saturated rings. The Balaban J connectivity index is 0.00000102. The summed E-state index contributed by atoms with van der Waals surface area (Å²) in [5.74, 6) is -0.362. The average Bonchev–Trinajstić information content (AvgIpc) is 3.20. The zero-order valence-electron chi connectivity index (χ0n) is 19.7. The molecule has 0 aliphatic rings. The summed E-state index contributed by atoms with van der Waals surface area (Å²) < 4.78 is 19.6. The lowest BCUT2D eigenvalue weighted by Gasteiger charge is -2.22. The molecule has 3 heterocycles. The fourth-order valence-electron chi connectivity index (χ4n) is 4.19. The molecule has 3 aromatic heterocycles. The number of rotatable bonds is 4. The van der Waals surface area contributed by atoms with Crippen molar-refractivity contribution in [1.82, 2.24) is 24.5 Å². The summed E-state index contributed by atoms with van der Waals surface area (Å²) in [5, 5.41) is 8.61. The van der Waals surface area contributed by atoms with Crippen LogP contribution < -0.4 is 16.6 Å². The summed E-state index contributed by atoms with van der Waals surface area (Å²) >= 11 is 5.66. The quantitative estimate of drug-likeness (QED) is 0.358. The van der Waals surface area contributed by atoms with Crippen LogP contribution >= 0.6 is 11.6 Å². The molecule has 0 aliphatic heterocycles. The second-order valence-electron chi connectivity index (χ2n) is 8.11. The van der Waals surface area contributed by atoms with Gasteiger partial charge in [-0.2, -0.15) is 8.42 Å². The number of hydrogen-bond donors (Lipinski definition) is 2. The minimum absolute atomic E-state index is 0.0741. The van der Waals surface area contributed by atoms with Crippen LogP contribution in [0.4, 0.5) is 5.82 Å². The molecule has 0 bridgehead atoms. The number of aryl methyl sites for hydroxylation is 1. The van der Waals surface area contributed by atoms with Crippen LogP contribution in [0.25, 0.3) is 22.1 Å². The van der Waals surface area contributed by atoms with Gasteiger partial charge in [-0.25, -0.2) is 9.50 Å². The molecule has 5 aromatic rings. The first-order chi connectivity index (χ1) is 17.8. The molecular weight excluding hydrogens is 516 g/mol. The predicted molar refractivity (Wildman–Crippen MR) is 141 cm³/mol. The Hall–Kier alpha value is -4.35. The largest absolute Gasteiger partial charge is 0.381 e. The molecule has 0 saturated heterocycles. The molecule has 37 heavy (non-hydrogen) atoms. The maximum absolute atomic E-state index is 13.7. The van der Waals surface area contributed by atoms with E-state index in [0.717, 1.165) is 5.56 Å². The van der Waals surface area contributed by atoms with Crippen molar-refractivity contribution in [3.05, 3.63) is 99.2 Å². The van der Waals surface area contributed by atoms with E-state index < -0.39 is 23.5 Å². The van der Waals surface area contributed by atoms with Gasteiger partial charge in [-0.3, -0.25) is 14.2 Å². The Kier molecular flexibility index (Phi) is 7.46. The number of carbonyl (C=O) groups is 1. The standard InChI is InChI=1S/C25H21ClN6O2.O2S/c1-14-7-3-4-10-18(14)32-19(13-16-8-5-9-17(26)20(16)25(32)34)15(2)29-24(33)21-22(27)30-31-12-6-11-28-23(21)31;1-3-2/h3-13,15H,1-2H3,(H2,27,30)(H,29,33);/t15-;/m0./s1. The monoisotopic (exact) mass is 536 g/mol. The van der Waals surface area contributed by atoms with Gasteiger partial charge in [-0.05, 0) is 49.1 Å². The Morgan fingerprint density at radius 1 is 1.14 bits per heavy atom. The Labute approximate surface area is 219 Å². The number of halogens is 1. The minimum Gasteiger partial charge on any atom is -0.381 e. The number of nitrogen functional groups attached to an aromatic ring is 1. The van der Waals surface area contributed by atoms with Gasteiger partial charge in [-0.15, -0.1) is 5.10 Å². The van der Waals surface area contributed by atoms with Gasteiger partial charge in [0.05, 0.1) is 22.1 Å². The highest BCUT2D eigenvalue weighted by Crippen LogP contribution is 2.27. The van der Waals surface area contributed by atoms with E-state index in [4.69, 9.17) is 25.8 Å². The van der Waals surface area contributed by atoms with Crippen LogP contribution in [0.3, 0.4) is 0 Å². The smallest absolute Gasteiger partial charge is 0.335 e. The van der Waals surface area contributed by atoms with E-state index in [9.17, 15) is 9.59 Å². The average molecular weight is 537 g/mol. The summed E-state index contributed by atoms with van der Waals surface area (Å²) in [6, 6.07) is 15.9. The zero-order chi connectivity index (χ0) is 26.7. The van der Waals surface area contributed by atoms with Crippen molar-refractivity contribution in [2.75, 3.05) is 5.73 Å². The van der Waals surface area contributed by atoms with Crippen LogP contribution in [-0.2, 0) is 11.6 Å². The molecule has 2 aromatic carbocycles. The number of pyridine rings is 1. The van der Waals surface area contributed by atoms with Crippen LogP contribution in [0.5, 0.6) is 0 Å². The van der Waals surface area contributed by atoms with Gasteiger partial charge in [0, 0.05) is 18.1 Å². The summed E-state index contributed by atoms with van der Waals surface area (Å²) in [7, 11) is 0. The lowest BCUT2D eigenvalue weighted by atomic mass is 10.1. The van der Waals surface area contributed by atoms with Crippen LogP contribution in [-0.4, -0.2) is 33.5 Å². The molecule has 1 atom stereocenters. The second kappa shape index (κ2) is 10.7. The third kappa shape index (κ3) is 4.86. The summed E-state index contributed by atoms with van der Waals surface area (Å²) in [6.45, 7) is 3.74. The fourth-order valence-corrected chi connectivity index (χ4v) is 4.45. The van der Waals surface area contributed by atoms with E-state index >= 15 is 0 Å². The molecule has 5 rings (SSSR count). The molecule has 1 amide bonds. The number of anilines is 1. The number of carbonyl (C=O) groups excluding carboxylic acids is 1. The van der Waals surface area contributed by atoms with Crippen LogP contribution in [0.1, 0.15) is 34.6 Å². The van der Waals surface area contributed by atoms with E-state index in [1.807, 2.05) is 50.2 Å². The number of amides is 1. The number of nitrogens with two attached hydrogens (primary N) is 1. The highest BCUT2D eigenvalue weighted by atomic mass is 35.5. The van der Waals surface area contributed by atoms with Gasteiger partial charge >= 0.3 is 11.6 Å². The number of nitrogens with zero attached hydrogens (tertiary/aromatic N) is 4. The van der Waals surface area contributed by atoms with Crippen molar-refractivity contribution in [2.45, 2.75) is 19.9 Å². The second-order valence-corrected chi connectivity index (χ2v) is 8.65. The molecule has 0 unspecified atom stereocenters. The van der Waals surface area contributed by atoms with E-state index in [2.05, 4.69) is 15.4 Å². The lowest BCUT2D eigenvalue weighted by molar-refractivity contribution is 0.0941. The van der Waals surface area contributed by atoms with E-state index in [1.165, 1.54) is 4.52 Å². The number of para-hydroxylation sites is 1. The topological polar surface area (TPSA) is 141 Å². The zero-order valence-corrected chi connectivity index (χ0v) is 21.3.